The highest BCUT2D eigenvalue weighted by atomic mass is 15.8. The van der Waals surface area contributed by atoms with E-state index < -0.39 is 0 Å². The van der Waals surface area contributed by atoms with E-state index in [1.807, 2.05) is 0 Å². The smallest absolute Gasteiger partial charge is 0.115 e. The van der Waals surface area contributed by atoms with E-state index in [0.717, 1.165) is 13.3 Å². The second kappa shape index (κ2) is 7.74. The normalized spacial score (nSPS) is 24.9. The zero-order valence-corrected chi connectivity index (χ0v) is 20.4. The molecule has 8 nitrogen and oxygen atoms in total. The Morgan fingerprint density at radius 3 is 0.750 bits per heavy atom. The van der Waals surface area contributed by atoms with Gasteiger partial charge in [0.25, 0.3) is 0 Å². The lowest BCUT2D eigenvalue weighted by atomic mass is 10.1. The maximum Gasteiger partial charge on any atom is 0.115 e. The van der Waals surface area contributed by atoms with Gasteiger partial charge in [-0.3, -0.25) is 0 Å². The van der Waals surface area contributed by atoms with E-state index >= 15 is 0 Å². The lowest BCUT2D eigenvalue weighted by Crippen LogP contribution is -2.83. The van der Waals surface area contributed by atoms with Crippen molar-refractivity contribution in [1.29, 1.82) is 0 Å². The molecule has 0 aromatic heterocycles. The van der Waals surface area contributed by atoms with Crippen molar-refractivity contribution >= 4 is 0 Å². The summed E-state index contributed by atoms with van der Waals surface area (Å²) >= 11 is 0. The molecule has 0 saturated carbocycles. The summed E-state index contributed by atoms with van der Waals surface area (Å²) in [5, 5.41) is 9.28. The van der Waals surface area contributed by atoms with Crippen molar-refractivity contribution in [3.63, 3.8) is 0 Å². The van der Waals surface area contributed by atoms with Crippen LogP contribution in [0, 0.1) is 0 Å². The molecule has 28 heavy (non-hydrogen) atoms. The van der Waals surface area contributed by atoms with Gasteiger partial charge >= 0.3 is 0 Å². The molecule has 8 heteroatoms. The number of hydrazine groups is 4. The fourth-order valence-corrected chi connectivity index (χ4v) is 3.10. The van der Waals surface area contributed by atoms with Crippen molar-refractivity contribution in [2.45, 2.75) is 118 Å². The van der Waals surface area contributed by atoms with E-state index in [4.69, 9.17) is 0 Å². The highest BCUT2D eigenvalue weighted by molar-refractivity contribution is 4.91. The van der Waals surface area contributed by atoms with E-state index in [1.54, 1.807) is 0 Å². The topological polar surface area (TPSA) is 61.1 Å². The van der Waals surface area contributed by atoms with Crippen LogP contribution < -0.4 is 21.7 Å². The van der Waals surface area contributed by atoms with Crippen molar-refractivity contribution < 1.29 is 0 Å². The van der Waals surface area contributed by atoms with E-state index in [1.165, 1.54) is 0 Å². The zero-order chi connectivity index (χ0) is 21.7. The van der Waals surface area contributed by atoms with Gasteiger partial charge in [0.2, 0.25) is 0 Å². The van der Waals surface area contributed by atoms with Crippen LogP contribution in [-0.4, -0.2) is 67.9 Å². The molecular formula is C20H46N8. The second-order valence-corrected chi connectivity index (χ2v) is 12.1. The number of hydrogen-bond donors (Lipinski definition) is 4. The van der Waals surface area contributed by atoms with Crippen LogP contribution in [0.1, 0.15) is 83.1 Å². The van der Waals surface area contributed by atoms with Gasteiger partial charge in [-0.25, -0.2) is 41.7 Å². The minimum Gasteiger partial charge on any atom is -0.232 e. The Balaban J connectivity index is 2.30. The maximum atomic E-state index is 3.71. The highest BCUT2D eigenvalue weighted by Crippen LogP contribution is 2.23. The molecule has 2 heterocycles. The van der Waals surface area contributed by atoms with Crippen LogP contribution in [0.5, 0.6) is 0 Å². The first-order valence-corrected chi connectivity index (χ1v) is 10.5. The molecule has 0 aliphatic carbocycles. The Labute approximate surface area is 173 Å². The summed E-state index contributed by atoms with van der Waals surface area (Å²) in [4.78, 5) is 0. The maximum absolute atomic E-state index is 3.71. The first-order valence-electron chi connectivity index (χ1n) is 10.5. The summed E-state index contributed by atoms with van der Waals surface area (Å²) in [6, 6.07) is 0. The molecular weight excluding hydrogens is 352 g/mol. The second-order valence-electron chi connectivity index (χ2n) is 12.1. The third kappa shape index (κ3) is 5.86. The molecule has 4 N–H and O–H groups in total. The number of hydrogen-bond acceptors (Lipinski definition) is 8. The average molecular weight is 399 g/mol. The molecule has 0 atom stereocenters. The standard InChI is InChI=1S/C20H46N8/c1-17(2,3)25-13-26(18(4,5)6)22-15(21-25)16-23-27(19(7,8)9)14-28(24-16)20(10,11)12/h15-16,21-24H,13-14H2,1-12H3. The summed E-state index contributed by atoms with van der Waals surface area (Å²) < 4.78 is 0. The molecule has 166 valence electrons. The number of rotatable bonds is 1. The number of nitrogens with zero attached hydrogens (tertiary/aromatic N) is 4. The van der Waals surface area contributed by atoms with Crippen molar-refractivity contribution in [3.05, 3.63) is 0 Å². The molecule has 2 aliphatic rings. The molecule has 0 unspecified atom stereocenters. The summed E-state index contributed by atoms with van der Waals surface area (Å²) in [6.07, 6.45) is -0.0237. The van der Waals surface area contributed by atoms with Gasteiger partial charge in [0.1, 0.15) is 12.3 Å². The van der Waals surface area contributed by atoms with Crippen LogP contribution in [0.3, 0.4) is 0 Å². The van der Waals surface area contributed by atoms with Gasteiger partial charge in [0, 0.05) is 22.2 Å². The van der Waals surface area contributed by atoms with Crippen LogP contribution in [0.2, 0.25) is 0 Å². The SMILES string of the molecule is CC(C)(C)N1CN(C(C)(C)C)NC(C2NN(C(C)(C)C)CN(C(C)(C)C)N2)N1. The summed E-state index contributed by atoms with van der Waals surface area (Å²) in [7, 11) is 0. The Kier molecular flexibility index (Phi) is 6.62. The van der Waals surface area contributed by atoms with Crippen LogP contribution in [0.4, 0.5) is 0 Å². The van der Waals surface area contributed by atoms with Crippen LogP contribution in [0.25, 0.3) is 0 Å². The highest BCUT2D eigenvalue weighted by Gasteiger charge is 2.43. The Hall–Kier alpha value is -0.320. The van der Waals surface area contributed by atoms with Crippen molar-refractivity contribution in [2.75, 3.05) is 13.3 Å². The van der Waals surface area contributed by atoms with E-state index in [0.29, 0.717) is 0 Å². The lowest BCUT2D eigenvalue weighted by molar-refractivity contribution is -0.173. The third-order valence-corrected chi connectivity index (χ3v) is 5.32. The van der Waals surface area contributed by atoms with Gasteiger partial charge in [-0.15, -0.1) is 0 Å². The van der Waals surface area contributed by atoms with Crippen molar-refractivity contribution in [1.82, 2.24) is 41.7 Å². The third-order valence-electron chi connectivity index (χ3n) is 5.32. The van der Waals surface area contributed by atoms with Crippen LogP contribution in [-0.2, 0) is 0 Å². The van der Waals surface area contributed by atoms with Gasteiger partial charge in [-0.1, -0.05) is 0 Å². The van der Waals surface area contributed by atoms with Crippen LogP contribution in [0.15, 0.2) is 0 Å². The average Bonchev–Trinajstić information content (AvgIpc) is 2.50. The summed E-state index contributed by atoms with van der Waals surface area (Å²) in [5.74, 6) is 0. The molecule has 2 aliphatic heterocycles. The fraction of sp³-hybridized carbons (Fsp3) is 1.00. The Morgan fingerprint density at radius 1 is 0.429 bits per heavy atom. The molecule has 2 saturated heterocycles. The molecule has 0 radical (unpaired) electrons. The van der Waals surface area contributed by atoms with Gasteiger partial charge < -0.3 is 0 Å². The Bertz CT molecular complexity index is 430. The molecule has 2 fully saturated rings. The van der Waals surface area contributed by atoms with Gasteiger partial charge in [0.05, 0.1) is 13.3 Å². The van der Waals surface area contributed by atoms with Crippen molar-refractivity contribution in [2.24, 2.45) is 0 Å². The Morgan fingerprint density at radius 2 is 0.607 bits per heavy atom. The first-order chi connectivity index (χ1) is 12.4. The number of nitrogens with one attached hydrogen (secondary N) is 4. The molecule has 2 rings (SSSR count). The van der Waals surface area contributed by atoms with Crippen molar-refractivity contribution in [3.8, 4) is 0 Å². The minimum atomic E-state index is -0.0119. The minimum absolute atomic E-state index is 0.00590. The molecule has 0 aromatic rings. The predicted octanol–water partition coefficient (Wildman–Crippen LogP) is 2.00. The fourth-order valence-electron chi connectivity index (χ4n) is 3.10. The van der Waals surface area contributed by atoms with Gasteiger partial charge in [-0.05, 0) is 83.1 Å². The van der Waals surface area contributed by atoms with E-state index in [2.05, 4.69) is 125 Å². The zero-order valence-electron chi connectivity index (χ0n) is 20.4. The largest absolute Gasteiger partial charge is 0.232 e. The first kappa shape index (κ1) is 24.0. The summed E-state index contributed by atoms with van der Waals surface area (Å²) in [6.45, 7) is 28.5. The van der Waals surface area contributed by atoms with Crippen LogP contribution >= 0.6 is 0 Å². The molecule has 0 aromatic carbocycles. The molecule has 0 bridgehead atoms. The van der Waals surface area contributed by atoms with Gasteiger partial charge in [-0.2, -0.15) is 0 Å². The van der Waals surface area contributed by atoms with E-state index in [9.17, 15) is 0 Å². The molecule has 0 amide bonds. The quantitative estimate of drug-likeness (QED) is 0.535. The lowest BCUT2D eigenvalue weighted by Gasteiger charge is -2.56. The predicted molar refractivity (Wildman–Crippen MR) is 116 cm³/mol. The summed E-state index contributed by atoms with van der Waals surface area (Å²) in [5.41, 5.74) is 14.9. The van der Waals surface area contributed by atoms with Gasteiger partial charge in [0.15, 0.2) is 0 Å². The van der Waals surface area contributed by atoms with E-state index in [-0.39, 0.29) is 34.5 Å². The molecule has 0 spiro atoms. The monoisotopic (exact) mass is 398 g/mol.